The number of piperidine rings is 2. The van der Waals surface area contributed by atoms with Crippen LogP contribution in [0.5, 0.6) is 0 Å². The molecule has 3 rings (SSSR count). The normalized spacial score (nSPS) is 26.1. The largest absolute Gasteiger partial charge is 0.356 e. The maximum Gasteiger partial charge on any atom is 0.223 e. The van der Waals surface area contributed by atoms with Gasteiger partial charge >= 0.3 is 0 Å². The highest BCUT2D eigenvalue weighted by atomic mass is 32.2. The van der Waals surface area contributed by atoms with E-state index in [0.29, 0.717) is 31.8 Å². The van der Waals surface area contributed by atoms with Gasteiger partial charge in [0, 0.05) is 31.6 Å². The molecule has 6 nitrogen and oxygen atoms in total. The Labute approximate surface area is 152 Å². The van der Waals surface area contributed by atoms with Crippen LogP contribution in [0.4, 0.5) is 0 Å². The summed E-state index contributed by atoms with van der Waals surface area (Å²) >= 11 is 0. The molecule has 25 heavy (non-hydrogen) atoms. The highest BCUT2D eigenvalue weighted by molar-refractivity contribution is 7.88. The van der Waals surface area contributed by atoms with E-state index in [1.54, 1.807) is 0 Å². The van der Waals surface area contributed by atoms with Crippen molar-refractivity contribution >= 4 is 15.9 Å². The first-order valence-electron chi connectivity index (χ1n) is 9.90. The zero-order valence-electron chi connectivity index (χ0n) is 15.5. The van der Waals surface area contributed by atoms with Gasteiger partial charge in [0.1, 0.15) is 0 Å². The third-order valence-electron chi connectivity index (χ3n) is 6.35. The van der Waals surface area contributed by atoms with E-state index in [-0.39, 0.29) is 11.8 Å². The number of carbonyl (C=O) groups is 1. The lowest BCUT2D eigenvalue weighted by Crippen LogP contribution is -2.45. The van der Waals surface area contributed by atoms with Gasteiger partial charge in [-0.05, 0) is 57.5 Å². The van der Waals surface area contributed by atoms with Gasteiger partial charge in [0.05, 0.1) is 6.26 Å². The second-order valence-electron chi connectivity index (χ2n) is 8.10. The molecule has 0 aromatic rings. The number of amides is 1. The molecule has 0 aromatic heterocycles. The van der Waals surface area contributed by atoms with E-state index in [9.17, 15) is 13.2 Å². The van der Waals surface area contributed by atoms with E-state index in [1.165, 1.54) is 62.2 Å². The fourth-order valence-corrected chi connectivity index (χ4v) is 5.50. The molecule has 0 aromatic carbocycles. The summed E-state index contributed by atoms with van der Waals surface area (Å²) in [4.78, 5) is 15.0. The molecule has 0 atom stereocenters. The molecular weight excluding hydrogens is 338 g/mol. The molecule has 0 unspecified atom stereocenters. The third kappa shape index (κ3) is 5.17. The third-order valence-corrected chi connectivity index (χ3v) is 7.65. The number of hydrogen-bond acceptors (Lipinski definition) is 4. The smallest absolute Gasteiger partial charge is 0.223 e. The van der Waals surface area contributed by atoms with Gasteiger partial charge in [0.15, 0.2) is 0 Å². The standard InChI is InChI=1S/C18H33N3O3S/c1-25(23,24)21-12-8-16(9-13-21)18(22)19-14-15-6-10-20(11-7-15)17-4-2-3-5-17/h15-17H,2-14H2,1H3,(H,19,22). The number of nitrogens with one attached hydrogen (secondary N) is 1. The Kier molecular flexibility index (Phi) is 6.39. The van der Waals surface area contributed by atoms with Crippen molar-refractivity contribution in [1.29, 1.82) is 0 Å². The summed E-state index contributed by atoms with van der Waals surface area (Å²) in [6, 6.07) is 0.815. The van der Waals surface area contributed by atoms with Crippen LogP contribution in [0.1, 0.15) is 51.4 Å². The van der Waals surface area contributed by atoms with E-state index < -0.39 is 10.0 Å². The minimum Gasteiger partial charge on any atom is -0.356 e. The Morgan fingerprint density at radius 3 is 2.12 bits per heavy atom. The highest BCUT2D eigenvalue weighted by Gasteiger charge is 2.30. The van der Waals surface area contributed by atoms with Crippen molar-refractivity contribution < 1.29 is 13.2 Å². The summed E-state index contributed by atoms with van der Waals surface area (Å²) in [5.41, 5.74) is 0. The molecule has 1 aliphatic carbocycles. The van der Waals surface area contributed by atoms with Crippen LogP contribution >= 0.6 is 0 Å². The summed E-state index contributed by atoms with van der Waals surface area (Å²) in [5.74, 6) is 0.681. The predicted octanol–water partition coefficient (Wildman–Crippen LogP) is 1.43. The van der Waals surface area contributed by atoms with Gasteiger partial charge in [-0.2, -0.15) is 0 Å². The van der Waals surface area contributed by atoms with Gasteiger partial charge in [-0.3, -0.25) is 4.79 Å². The minimum absolute atomic E-state index is 0.0309. The van der Waals surface area contributed by atoms with Crippen LogP contribution in [0.2, 0.25) is 0 Å². The topological polar surface area (TPSA) is 69.7 Å². The molecule has 1 amide bonds. The number of hydrogen-bond donors (Lipinski definition) is 1. The van der Waals surface area contributed by atoms with Crippen molar-refractivity contribution in [3.8, 4) is 0 Å². The van der Waals surface area contributed by atoms with Crippen molar-refractivity contribution in [2.24, 2.45) is 11.8 Å². The van der Waals surface area contributed by atoms with Crippen LogP contribution in [-0.2, 0) is 14.8 Å². The average Bonchev–Trinajstić information content (AvgIpc) is 3.14. The molecule has 144 valence electrons. The van der Waals surface area contributed by atoms with Crippen molar-refractivity contribution in [3.63, 3.8) is 0 Å². The maximum absolute atomic E-state index is 12.4. The van der Waals surface area contributed by atoms with Crippen molar-refractivity contribution in [1.82, 2.24) is 14.5 Å². The molecule has 0 spiro atoms. The molecule has 1 N–H and O–H groups in total. The van der Waals surface area contributed by atoms with Crippen molar-refractivity contribution in [2.45, 2.75) is 57.4 Å². The highest BCUT2D eigenvalue weighted by Crippen LogP contribution is 2.27. The summed E-state index contributed by atoms with van der Waals surface area (Å²) < 4.78 is 24.6. The molecule has 3 fully saturated rings. The molecule has 7 heteroatoms. The lowest BCUT2D eigenvalue weighted by Gasteiger charge is -2.36. The van der Waals surface area contributed by atoms with E-state index in [2.05, 4.69) is 10.2 Å². The number of likely N-dealkylation sites (tertiary alicyclic amines) is 1. The molecule has 2 heterocycles. The fraction of sp³-hybridized carbons (Fsp3) is 0.944. The van der Waals surface area contributed by atoms with Crippen LogP contribution in [0.15, 0.2) is 0 Å². The molecule has 1 saturated carbocycles. The first-order chi connectivity index (χ1) is 11.9. The van der Waals surface area contributed by atoms with Crippen LogP contribution in [0.25, 0.3) is 0 Å². The lowest BCUT2D eigenvalue weighted by molar-refractivity contribution is -0.126. The Balaban J connectivity index is 1.34. The van der Waals surface area contributed by atoms with Gasteiger partial charge < -0.3 is 10.2 Å². The molecule has 3 aliphatic rings. The van der Waals surface area contributed by atoms with Crippen LogP contribution in [0, 0.1) is 11.8 Å². The number of sulfonamides is 1. The van der Waals surface area contributed by atoms with E-state index >= 15 is 0 Å². The maximum atomic E-state index is 12.4. The Morgan fingerprint density at radius 1 is 0.960 bits per heavy atom. The summed E-state index contributed by atoms with van der Waals surface area (Å²) in [6.07, 6.45) is 10.4. The lowest BCUT2D eigenvalue weighted by atomic mass is 9.94. The van der Waals surface area contributed by atoms with Gasteiger partial charge in [0.25, 0.3) is 0 Å². The summed E-state index contributed by atoms with van der Waals surface area (Å²) in [5, 5.41) is 3.13. The van der Waals surface area contributed by atoms with Crippen LogP contribution in [0.3, 0.4) is 0 Å². The van der Waals surface area contributed by atoms with Crippen molar-refractivity contribution in [3.05, 3.63) is 0 Å². The average molecular weight is 372 g/mol. The second kappa shape index (κ2) is 8.35. The Bertz CT molecular complexity index is 544. The quantitative estimate of drug-likeness (QED) is 0.794. The van der Waals surface area contributed by atoms with E-state index in [1.807, 2.05) is 0 Å². The SMILES string of the molecule is CS(=O)(=O)N1CCC(C(=O)NCC2CCN(C3CCCC3)CC2)CC1. The first-order valence-corrected chi connectivity index (χ1v) is 11.7. The summed E-state index contributed by atoms with van der Waals surface area (Å²) in [7, 11) is -3.12. The van der Waals surface area contributed by atoms with Gasteiger partial charge in [-0.1, -0.05) is 12.8 Å². The zero-order chi connectivity index (χ0) is 17.9. The van der Waals surface area contributed by atoms with E-state index in [4.69, 9.17) is 0 Å². The minimum atomic E-state index is -3.12. The second-order valence-corrected chi connectivity index (χ2v) is 10.1. The molecule has 0 radical (unpaired) electrons. The Hall–Kier alpha value is -0.660. The molecule has 2 aliphatic heterocycles. The fourth-order valence-electron chi connectivity index (χ4n) is 4.63. The van der Waals surface area contributed by atoms with Gasteiger partial charge in [0.2, 0.25) is 15.9 Å². The Morgan fingerprint density at radius 2 is 1.56 bits per heavy atom. The molecular formula is C18H33N3O3S. The number of carbonyl (C=O) groups excluding carboxylic acids is 1. The van der Waals surface area contributed by atoms with Crippen LogP contribution < -0.4 is 5.32 Å². The van der Waals surface area contributed by atoms with Crippen molar-refractivity contribution in [2.75, 3.05) is 39.0 Å². The monoisotopic (exact) mass is 371 g/mol. The van der Waals surface area contributed by atoms with Gasteiger partial charge in [-0.15, -0.1) is 0 Å². The molecule has 0 bridgehead atoms. The summed E-state index contributed by atoms with van der Waals surface area (Å²) in [6.45, 7) is 4.08. The van der Waals surface area contributed by atoms with E-state index in [0.717, 1.165) is 12.6 Å². The number of rotatable bonds is 5. The van der Waals surface area contributed by atoms with Crippen LogP contribution in [-0.4, -0.2) is 68.6 Å². The first kappa shape index (κ1) is 19.1. The molecule has 2 saturated heterocycles. The predicted molar refractivity (Wildman–Crippen MR) is 98.7 cm³/mol. The van der Waals surface area contributed by atoms with Gasteiger partial charge in [-0.25, -0.2) is 12.7 Å². The number of nitrogens with zero attached hydrogens (tertiary/aromatic N) is 2. The zero-order valence-corrected chi connectivity index (χ0v) is 16.3.